The molecule has 1 atom stereocenters. The zero-order chi connectivity index (χ0) is 25.2. The molecular formula is C25H26ClN5O4. The molecule has 182 valence electrons. The maximum Gasteiger partial charge on any atom is 0.321 e. The van der Waals surface area contributed by atoms with E-state index in [4.69, 9.17) is 21.4 Å². The molecule has 1 aromatic heterocycles. The third-order valence-electron chi connectivity index (χ3n) is 4.66. The van der Waals surface area contributed by atoms with Crippen LogP contribution in [0.5, 0.6) is 11.5 Å². The Morgan fingerprint density at radius 2 is 1.74 bits per heavy atom. The Balaban J connectivity index is 1.71. The number of carboxylic acid groups (broad SMARTS) is 1. The van der Waals surface area contributed by atoms with Crippen molar-refractivity contribution in [3.05, 3.63) is 83.1 Å². The van der Waals surface area contributed by atoms with Gasteiger partial charge in [0, 0.05) is 23.3 Å². The van der Waals surface area contributed by atoms with Gasteiger partial charge in [-0.1, -0.05) is 23.7 Å². The molecule has 2 aromatic carbocycles. The van der Waals surface area contributed by atoms with Crippen LogP contribution in [0.15, 0.2) is 71.9 Å². The number of carbonyl (C=O) groups is 2. The number of ether oxygens (including phenoxy) is 1. The van der Waals surface area contributed by atoms with Crippen LogP contribution in [-0.2, 0) is 11.3 Å². The van der Waals surface area contributed by atoms with Crippen molar-refractivity contribution in [1.82, 2.24) is 20.9 Å². The number of aliphatic carboxylic acids is 1. The molecule has 3 rings (SSSR count). The van der Waals surface area contributed by atoms with Gasteiger partial charge in [-0.05, 0) is 67.9 Å². The van der Waals surface area contributed by atoms with Crippen molar-refractivity contribution in [2.24, 2.45) is 4.99 Å². The maximum atomic E-state index is 12.4. The smallest absolute Gasteiger partial charge is 0.321 e. The number of hydrogen-bond donors (Lipinski definition) is 4. The van der Waals surface area contributed by atoms with Gasteiger partial charge >= 0.3 is 12.0 Å². The standard InChI is InChI=1S/C25H26ClN5O4/c1-16-3-10-22(15-27-16)35-21-11-8-20(9-12-21)30-24(28-14-18-4-6-19(26)7-5-18)31-25(34)29-17(2)13-23(32)33/h3-12,15,17H,13-14H2,1-2H3,(H,32,33)(H3,28,29,30,31,34)/t17-/m0/s1. The van der Waals surface area contributed by atoms with E-state index in [1.54, 1.807) is 49.5 Å². The highest BCUT2D eigenvalue weighted by atomic mass is 35.5. The summed E-state index contributed by atoms with van der Waals surface area (Å²) in [5.74, 6) is 0.414. The molecule has 1 heterocycles. The van der Waals surface area contributed by atoms with E-state index < -0.39 is 18.0 Å². The predicted octanol–water partition coefficient (Wildman–Crippen LogP) is 4.78. The normalized spacial score (nSPS) is 11.9. The summed E-state index contributed by atoms with van der Waals surface area (Å²) < 4.78 is 5.78. The molecule has 0 aliphatic heterocycles. The summed E-state index contributed by atoms with van der Waals surface area (Å²) in [6, 6.07) is 16.8. The summed E-state index contributed by atoms with van der Waals surface area (Å²) in [5, 5.41) is 17.8. The first-order valence-corrected chi connectivity index (χ1v) is 11.2. The van der Waals surface area contributed by atoms with Gasteiger partial charge in [0.1, 0.15) is 11.5 Å². The average molecular weight is 496 g/mol. The number of aromatic nitrogens is 1. The Labute approximate surface area is 208 Å². The number of amides is 2. The van der Waals surface area contributed by atoms with Crippen molar-refractivity contribution in [3.8, 4) is 11.5 Å². The Morgan fingerprint density at radius 3 is 2.37 bits per heavy atom. The van der Waals surface area contributed by atoms with Crippen LogP contribution in [-0.4, -0.2) is 34.1 Å². The largest absolute Gasteiger partial charge is 0.481 e. The van der Waals surface area contributed by atoms with Crippen molar-refractivity contribution >= 4 is 35.2 Å². The van der Waals surface area contributed by atoms with Crippen LogP contribution in [0.4, 0.5) is 10.5 Å². The number of carboxylic acids is 1. The maximum absolute atomic E-state index is 12.4. The molecule has 0 saturated carbocycles. The van der Waals surface area contributed by atoms with Crippen molar-refractivity contribution in [1.29, 1.82) is 0 Å². The number of nitrogens with zero attached hydrogens (tertiary/aromatic N) is 2. The molecule has 2 amide bonds. The van der Waals surface area contributed by atoms with Gasteiger partial charge in [0.05, 0.1) is 18.3 Å². The van der Waals surface area contributed by atoms with E-state index in [-0.39, 0.29) is 12.4 Å². The number of carbonyl (C=O) groups excluding carboxylic acids is 1. The fraction of sp³-hybridized carbons (Fsp3) is 0.200. The summed E-state index contributed by atoms with van der Waals surface area (Å²) >= 11 is 5.94. The van der Waals surface area contributed by atoms with E-state index in [0.29, 0.717) is 28.8 Å². The van der Waals surface area contributed by atoms with E-state index in [2.05, 4.69) is 25.9 Å². The molecule has 4 N–H and O–H groups in total. The van der Waals surface area contributed by atoms with Crippen molar-refractivity contribution < 1.29 is 19.4 Å². The quantitative estimate of drug-likeness (QED) is 0.263. The number of aliphatic imine (C=N–C) groups is 1. The highest BCUT2D eigenvalue weighted by Gasteiger charge is 2.13. The molecule has 9 nitrogen and oxygen atoms in total. The lowest BCUT2D eigenvalue weighted by atomic mass is 10.2. The van der Waals surface area contributed by atoms with Crippen LogP contribution < -0.4 is 20.7 Å². The van der Waals surface area contributed by atoms with Crippen LogP contribution in [0.3, 0.4) is 0 Å². The summed E-state index contributed by atoms with van der Waals surface area (Å²) in [4.78, 5) is 31.9. The molecule has 0 aliphatic rings. The molecule has 0 bridgehead atoms. The summed E-state index contributed by atoms with van der Waals surface area (Å²) in [6.45, 7) is 3.88. The first kappa shape index (κ1) is 25.5. The Kier molecular flexibility index (Phi) is 9.02. The Morgan fingerprint density at radius 1 is 1.06 bits per heavy atom. The molecule has 10 heteroatoms. The first-order chi connectivity index (χ1) is 16.8. The van der Waals surface area contributed by atoms with Gasteiger partial charge in [-0.3, -0.25) is 15.1 Å². The number of hydrogen-bond acceptors (Lipinski definition) is 5. The number of urea groups is 1. The zero-order valence-electron chi connectivity index (χ0n) is 19.3. The van der Waals surface area contributed by atoms with Gasteiger partial charge in [-0.2, -0.15) is 0 Å². The van der Waals surface area contributed by atoms with Crippen LogP contribution in [0.1, 0.15) is 24.6 Å². The van der Waals surface area contributed by atoms with Crippen molar-refractivity contribution in [2.75, 3.05) is 0 Å². The fourth-order valence-electron chi connectivity index (χ4n) is 2.95. The molecule has 0 aliphatic carbocycles. The van der Waals surface area contributed by atoms with Crippen molar-refractivity contribution in [2.45, 2.75) is 32.9 Å². The van der Waals surface area contributed by atoms with Gasteiger partial charge in [-0.15, -0.1) is 0 Å². The third-order valence-corrected chi connectivity index (χ3v) is 4.91. The number of aryl methyl sites for hydroxylation is 1. The third kappa shape index (κ3) is 8.98. The molecule has 0 unspecified atom stereocenters. The lowest BCUT2D eigenvalue weighted by molar-refractivity contribution is -0.137. The highest BCUT2D eigenvalue weighted by Crippen LogP contribution is 2.23. The van der Waals surface area contributed by atoms with Crippen LogP contribution >= 0.6 is 11.6 Å². The van der Waals surface area contributed by atoms with Gasteiger partial charge in [0.25, 0.3) is 0 Å². The van der Waals surface area contributed by atoms with Gasteiger partial charge in [0.2, 0.25) is 5.96 Å². The van der Waals surface area contributed by atoms with E-state index in [1.165, 1.54) is 0 Å². The molecule has 0 saturated heterocycles. The summed E-state index contributed by atoms with van der Waals surface area (Å²) in [6.07, 6.45) is 1.45. The molecule has 3 aromatic rings. The highest BCUT2D eigenvalue weighted by molar-refractivity contribution is 6.30. The van der Waals surface area contributed by atoms with Gasteiger partial charge in [-0.25, -0.2) is 9.79 Å². The second-order valence-corrected chi connectivity index (χ2v) is 8.21. The van der Waals surface area contributed by atoms with E-state index in [1.807, 2.05) is 31.2 Å². The number of nitrogens with one attached hydrogen (secondary N) is 3. The second-order valence-electron chi connectivity index (χ2n) is 7.77. The lowest BCUT2D eigenvalue weighted by Crippen LogP contribution is -2.48. The van der Waals surface area contributed by atoms with Crippen LogP contribution in [0.25, 0.3) is 0 Å². The molecule has 35 heavy (non-hydrogen) atoms. The average Bonchev–Trinajstić information content (AvgIpc) is 2.80. The van der Waals surface area contributed by atoms with Crippen LogP contribution in [0, 0.1) is 6.92 Å². The SMILES string of the molecule is Cc1ccc(Oc2ccc(/N=C(/NCc3ccc(Cl)cc3)NC(=O)N[C@@H](C)CC(=O)O)cc2)cn1. The molecule has 0 fully saturated rings. The molecule has 0 spiro atoms. The number of guanidine groups is 1. The summed E-state index contributed by atoms with van der Waals surface area (Å²) in [5.41, 5.74) is 2.39. The zero-order valence-corrected chi connectivity index (χ0v) is 20.0. The number of halogens is 1. The number of rotatable bonds is 8. The Hall–Kier alpha value is -4.11. The van der Waals surface area contributed by atoms with E-state index in [0.717, 1.165) is 11.3 Å². The van der Waals surface area contributed by atoms with Gasteiger partial charge < -0.3 is 20.5 Å². The number of pyridine rings is 1. The second kappa shape index (κ2) is 12.4. The van der Waals surface area contributed by atoms with E-state index in [9.17, 15) is 9.59 Å². The molecule has 0 radical (unpaired) electrons. The molecular weight excluding hydrogens is 470 g/mol. The first-order valence-electron chi connectivity index (χ1n) is 10.8. The predicted molar refractivity (Wildman–Crippen MR) is 134 cm³/mol. The number of benzene rings is 2. The Bertz CT molecular complexity index is 1170. The minimum Gasteiger partial charge on any atom is -0.481 e. The lowest BCUT2D eigenvalue weighted by Gasteiger charge is -2.15. The fourth-order valence-corrected chi connectivity index (χ4v) is 3.07. The monoisotopic (exact) mass is 495 g/mol. The van der Waals surface area contributed by atoms with Gasteiger partial charge in [0.15, 0.2) is 0 Å². The minimum atomic E-state index is -1.00. The topological polar surface area (TPSA) is 125 Å². The summed E-state index contributed by atoms with van der Waals surface area (Å²) in [7, 11) is 0. The van der Waals surface area contributed by atoms with Crippen LogP contribution in [0.2, 0.25) is 5.02 Å². The minimum absolute atomic E-state index is 0.191. The van der Waals surface area contributed by atoms with Crippen molar-refractivity contribution in [3.63, 3.8) is 0 Å². The van der Waals surface area contributed by atoms with E-state index >= 15 is 0 Å².